The Morgan fingerprint density at radius 2 is 1.67 bits per heavy atom. The minimum Gasteiger partial charge on any atom is -0.466 e. The van der Waals surface area contributed by atoms with Gasteiger partial charge in [-0.3, -0.25) is 9.59 Å². The number of carbonyl (C=O) groups excluding carboxylic acids is 2. The third-order valence-electron chi connectivity index (χ3n) is 4.47. The van der Waals surface area contributed by atoms with E-state index in [9.17, 15) is 9.59 Å². The highest BCUT2D eigenvalue weighted by Crippen LogP contribution is 2.37. The number of benzene rings is 1. The summed E-state index contributed by atoms with van der Waals surface area (Å²) in [5.74, 6) is -0.401. The van der Waals surface area contributed by atoms with E-state index in [4.69, 9.17) is 4.74 Å². The van der Waals surface area contributed by atoms with Crippen molar-refractivity contribution in [1.29, 1.82) is 0 Å². The summed E-state index contributed by atoms with van der Waals surface area (Å²) in [6.45, 7) is 8.34. The van der Waals surface area contributed by atoms with E-state index in [0.717, 1.165) is 29.5 Å². The molecule has 3 nitrogen and oxygen atoms in total. The molecule has 1 saturated carbocycles. The molecule has 0 saturated heterocycles. The Kier molecular flexibility index (Phi) is 4.81. The van der Waals surface area contributed by atoms with Crippen molar-refractivity contribution in [3.63, 3.8) is 0 Å². The molecule has 1 aliphatic carbocycles. The maximum Gasteiger partial charge on any atom is 0.309 e. The zero-order chi connectivity index (χ0) is 15.6. The van der Waals surface area contributed by atoms with E-state index in [1.54, 1.807) is 6.92 Å². The van der Waals surface area contributed by atoms with Crippen LogP contribution in [0.4, 0.5) is 0 Å². The highest BCUT2D eigenvalue weighted by atomic mass is 16.5. The van der Waals surface area contributed by atoms with Gasteiger partial charge in [-0.25, -0.2) is 0 Å². The predicted molar refractivity (Wildman–Crippen MR) is 82.2 cm³/mol. The monoisotopic (exact) mass is 288 g/mol. The van der Waals surface area contributed by atoms with Gasteiger partial charge >= 0.3 is 5.97 Å². The van der Waals surface area contributed by atoms with E-state index in [0.29, 0.717) is 13.0 Å². The van der Waals surface area contributed by atoms with Crippen molar-refractivity contribution in [2.75, 3.05) is 6.61 Å². The molecule has 0 spiro atoms. The minimum absolute atomic E-state index is 0.149. The number of hydrogen-bond donors (Lipinski definition) is 0. The molecule has 1 fully saturated rings. The molecule has 2 atom stereocenters. The van der Waals surface area contributed by atoms with Gasteiger partial charge in [0.1, 0.15) is 5.78 Å². The van der Waals surface area contributed by atoms with Gasteiger partial charge in [0.25, 0.3) is 0 Å². The van der Waals surface area contributed by atoms with Crippen molar-refractivity contribution in [2.45, 2.75) is 47.0 Å². The molecule has 0 amide bonds. The Labute approximate surface area is 126 Å². The molecule has 0 radical (unpaired) electrons. The first kappa shape index (κ1) is 15.7. The average molecular weight is 288 g/mol. The first-order chi connectivity index (χ1) is 9.93. The molecule has 1 aliphatic rings. The molecule has 2 rings (SSSR count). The van der Waals surface area contributed by atoms with Crippen LogP contribution in [0, 0.1) is 32.6 Å². The average Bonchev–Trinajstić information content (AvgIpc) is 2.32. The first-order valence-corrected chi connectivity index (χ1v) is 7.70. The molecular formula is C18H24O3. The summed E-state index contributed by atoms with van der Waals surface area (Å²) in [6.07, 6.45) is 2.02. The van der Waals surface area contributed by atoms with E-state index in [1.165, 1.54) is 5.56 Å². The van der Waals surface area contributed by atoms with Crippen LogP contribution in [0.15, 0.2) is 12.1 Å². The largest absolute Gasteiger partial charge is 0.466 e. The summed E-state index contributed by atoms with van der Waals surface area (Å²) < 4.78 is 5.05. The fourth-order valence-corrected chi connectivity index (χ4v) is 3.21. The van der Waals surface area contributed by atoms with Crippen LogP contribution in [0.2, 0.25) is 0 Å². The van der Waals surface area contributed by atoms with Crippen LogP contribution < -0.4 is 0 Å². The van der Waals surface area contributed by atoms with Crippen LogP contribution in [0.1, 0.15) is 42.0 Å². The van der Waals surface area contributed by atoms with Crippen LogP contribution in [0.25, 0.3) is 0 Å². The maximum absolute atomic E-state index is 12.5. The summed E-state index contributed by atoms with van der Waals surface area (Å²) >= 11 is 0. The highest BCUT2D eigenvalue weighted by Gasteiger charge is 2.41. The lowest BCUT2D eigenvalue weighted by Crippen LogP contribution is -2.40. The van der Waals surface area contributed by atoms with Crippen LogP contribution in [-0.2, 0) is 20.7 Å². The number of carbonyl (C=O) groups is 2. The standard InChI is InChI=1S/C18H24O3/c1-5-21-18(20)15-7-6-14(15)17(19)10-16-12(3)8-11(2)9-13(16)4/h8-9,14-15H,5-7,10H2,1-4H3. The maximum atomic E-state index is 12.5. The molecule has 0 bridgehead atoms. The third-order valence-corrected chi connectivity index (χ3v) is 4.47. The zero-order valence-corrected chi connectivity index (χ0v) is 13.4. The van der Waals surface area contributed by atoms with E-state index >= 15 is 0 Å². The SMILES string of the molecule is CCOC(=O)C1CCC1C(=O)Cc1c(C)cc(C)cc1C. The van der Waals surface area contributed by atoms with Crippen molar-refractivity contribution in [2.24, 2.45) is 11.8 Å². The molecule has 2 unspecified atom stereocenters. The Morgan fingerprint density at radius 1 is 1.10 bits per heavy atom. The number of hydrogen-bond acceptors (Lipinski definition) is 3. The summed E-state index contributed by atoms with van der Waals surface area (Å²) in [7, 11) is 0. The van der Waals surface area contributed by atoms with E-state index in [-0.39, 0.29) is 23.6 Å². The van der Waals surface area contributed by atoms with E-state index in [1.807, 2.05) is 13.8 Å². The molecule has 1 aromatic carbocycles. The summed E-state index contributed by atoms with van der Waals surface area (Å²) in [6, 6.07) is 4.22. The van der Waals surface area contributed by atoms with Crippen molar-refractivity contribution in [1.82, 2.24) is 0 Å². The van der Waals surface area contributed by atoms with Gasteiger partial charge in [-0.15, -0.1) is 0 Å². The Balaban J connectivity index is 2.07. The van der Waals surface area contributed by atoms with Gasteiger partial charge in [0.2, 0.25) is 0 Å². The van der Waals surface area contributed by atoms with Gasteiger partial charge in [-0.05, 0) is 57.2 Å². The minimum atomic E-state index is -0.219. The van der Waals surface area contributed by atoms with Gasteiger partial charge in [-0.1, -0.05) is 17.7 Å². The second-order valence-electron chi connectivity index (χ2n) is 6.06. The molecule has 0 aliphatic heterocycles. The lowest BCUT2D eigenvalue weighted by Gasteiger charge is -2.33. The Hall–Kier alpha value is -1.64. The quantitative estimate of drug-likeness (QED) is 0.781. The zero-order valence-electron chi connectivity index (χ0n) is 13.4. The smallest absolute Gasteiger partial charge is 0.309 e. The molecule has 114 valence electrons. The fraction of sp³-hybridized carbons (Fsp3) is 0.556. The van der Waals surface area contributed by atoms with Crippen LogP contribution in [0.3, 0.4) is 0 Å². The lowest BCUT2D eigenvalue weighted by atomic mass is 9.70. The van der Waals surface area contributed by atoms with Gasteiger partial charge < -0.3 is 4.74 Å². The topological polar surface area (TPSA) is 43.4 Å². The molecule has 1 aromatic rings. The Morgan fingerprint density at radius 3 is 2.14 bits per heavy atom. The summed E-state index contributed by atoms with van der Waals surface area (Å²) in [4.78, 5) is 24.3. The Bertz CT molecular complexity index is 537. The number of ketones is 1. The van der Waals surface area contributed by atoms with Gasteiger partial charge in [0.15, 0.2) is 0 Å². The van der Waals surface area contributed by atoms with Crippen LogP contribution >= 0.6 is 0 Å². The molecule has 0 heterocycles. The molecular weight excluding hydrogens is 264 g/mol. The van der Waals surface area contributed by atoms with Crippen molar-refractivity contribution in [3.8, 4) is 0 Å². The highest BCUT2D eigenvalue weighted by molar-refractivity contribution is 5.90. The van der Waals surface area contributed by atoms with E-state index < -0.39 is 0 Å². The summed E-state index contributed by atoms with van der Waals surface area (Å²) in [5.41, 5.74) is 4.65. The van der Waals surface area contributed by atoms with Gasteiger partial charge in [-0.2, -0.15) is 0 Å². The van der Waals surface area contributed by atoms with Crippen LogP contribution in [0.5, 0.6) is 0 Å². The number of esters is 1. The molecule has 3 heteroatoms. The van der Waals surface area contributed by atoms with Gasteiger partial charge in [0.05, 0.1) is 12.5 Å². The predicted octanol–water partition coefficient (Wildman–Crippen LogP) is 3.31. The van der Waals surface area contributed by atoms with Crippen molar-refractivity contribution >= 4 is 11.8 Å². The van der Waals surface area contributed by atoms with Crippen LogP contribution in [-0.4, -0.2) is 18.4 Å². The number of aryl methyl sites for hydroxylation is 3. The van der Waals surface area contributed by atoms with Gasteiger partial charge in [0, 0.05) is 12.3 Å². The fourth-order valence-electron chi connectivity index (χ4n) is 3.21. The summed E-state index contributed by atoms with van der Waals surface area (Å²) in [5, 5.41) is 0. The van der Waals surface area contributed by atoms with E-state index in [2.05, 4.69) is 19.1 Å². The normalized spacial score (nSPS) is 20.8. The van der Waals surface area contributed by atoms with Crippen molar-refractivity contribution < 1.29 is 14.3 Å². The third kappa shape index (κ3) is 3.34. The first-order valence-electron chi connectivity index (χ1n) is 7.70. The number of Topliss-reactive ketones (excluding diaryl/α,β-unsaturated/α-hetero) is 1. The molecule has 21 heavy (non-hydrogen) atoms. The molecule has 0 N–H and O–H groups in total. The lowest BCUT2D eigenvalue weighted by molar-refractivity contribution is -0.157. The second-order valence-corrected chi connectivity index (χ2v) is 6.06. The second kappa shape index (κ2) is 6.42. The number of ether oxygens (including phenoxy) is 1. The molecule has 0 aromatic heterocycles. The van der Waals surface area contributed by atoms with Crippen molar-refractivity contribution in [3.05, 3.63) is 34.4 Å². The number of rotatable bonds is 5.